The minimum atomic E-state index is -0.501. The summed E-state index contributed by atoms with van der Waals surface area (Å²) in [5.74, 6) is -0.141. The maximum atomic E-state index is 14.2. The molecule has 1 aliphatic rings. The van der Waals surface area contributed by atoms with Crippen LogP contribution in [-0.4, -0.2) is 16.8 Å². The van der Waals surface area contributed by atoms with Crippen molar-refractivity contribution >= 4 is 11.6 Å². The van der Waals surface area contributed by atoms with Gasteiger partial charge in [0.15, 0.2) is 0 Å². The van der Waals surface area contributed by atoms with Gasteiger partial charge in [-0.3, -0.25) is 4.79 Å². The molecule has 0 spiro atoms. The Hall–Kier alpha value is -2.30. The van der Waals surface area contributed by atoms with Gasteiger partial charge < -0.3 is 15.1 Å². The van der Waals surface area contributed by atoms with Gasteiger partial charge in [0.1, 0.15) is 11.6 Å². The SMILES string of the molecule is Cc1cc(N)cc(C(=O)N(Cc2ccco2)C2CC2)c1F. The summed E-state index contributed by atoms with van der Waals surface area (Å²) >= 11 is 0. The van der Waals surface area contributed by atoms with E-state index < -0.39 is 5.82 Å². The van der Waals surface area contributed by atoms with Gasteiger partial charge in [0.05, 0.1) is 18.4 Å². The number of hydrogen-bond acceptors (Lipinski definition) is 3. The standard InChI is InChI=1S/C16H17FN2O2/c1-10-7-11(18)8-14(15(10)17)16(20)19(12-4-5-12)9-13-3-2-6-21-13/h2-3,6-8,12H,4-5,9,18H2,1H3. The van der Waals surface area contributed by atoms with Gasteiger partial charge in [-0.25, -0.2) is 4.39 Å². The Balaban J connectivity index is 1.91. The first-order chi connectivity index (χ1) is 10.1. The van der Waals surface area contributed by atoms with Crippen molar-refractivity contribution in [3.05, 3.63) is 53.2 Å². The van der Waals surface area contributed by atoms with Crippen LogP contribution in [0.15, 0.2) is 34.9 Å². The van der Waals surface area contributed by atoms with Crippen molar-refractivity contribution in [1.82, 2.24) is 4.90 Å². The van der Waals surface area contributed by atoms with E-state index in [4.69, 9.17) is 10.2 Å². The molecular formula is C16H17FN2O2. The number of benzene rings is 1. The molecule has 2 N–H and O–H groups in total. The molecule has 110 valence electrons. The summed E-state index contributed by atoms with van der Waals surface area (Å²) in [5, 5.41) is 0. The first-order valence-corrected chi connectivity index (χ1v) is 6.95. The molecule has 21 heavy (non-hydrogen) atoms. The van der Waals surface area contributed by atoms with E-state index in [0.29, 0.717) is 23.6 Å². The quantitative estimate of drug-likeness (QED) is 0.879. The van der Waals surface area contributed by atoms with Gasteiger partial charge >= 0.3 is 0 Å². The summed E-state index contributed by atoms with van der Waals surface area (Å²) in [4.78, 5) is 14.3. The Labute approximate surface area is 122 Å². The van der Waals surface area contributed by atoms with Crippen molar-refractivity contribution in [2.24, 2.45) is 0 Å². The van der Waals surface area contributed by atoms with E-state index in [1.54, 1.807) is 24.2 Å². The third-order valence-corrected chi connectivity index (χ3v) is 3.66. The summed E-state index contributed by atoms with van der Waals surface area (Å²) in [6.45, 7) is 1.96. The number of nitrogens with two attached hydrogens (primary N) is 1. The zero-order valence-corrected chi connectivity index (χ0v) is 11.8. The number of nitrogens with zero attached hydrogens (tertiary/aromatic N) is 1. The van der Waals surface area contributed by atoms with E-state index >= 15 is 0 Å². The lowest BCUT2D eigenvalue weighted by Gasteiger charge is -2.22. The number of anilines is 1. The Morgan fingerprint density at radius 1 is 1.48 bits per heavy atom. The smallest absolute Gasteiger partial charge is 0.257 e. The molecule has 4 nitrogen and oxygen atoms in total. The molecular weight excluding hydrogens is 271 g/mol. The van der Waals surface area contributed by atoms with E-state index in [2.05, 4.69) is 0 Å². The number of carbonyl (C=O) groups excluding carboxylic acids is 1. The number of carbonyl (C=O) groups is 1. The van der Waals surface area contributed by atoms with Crippen LogP contribution >= 0.6 is 0 Å². The van der Waals surface area contributed by atoms with Crippen LogP contribution < -0.4 is 5.73 Å². The second-order valence-electron chi connectivity index (χ2n) is 5.44. The predicted molar refractivity (Wildman–Crippen MR) is 77.2 cm³/mol. The molecule has 3 rings (SSSR count). The highest BCUT2D eigenvalue weighted by atomic mass is 19.1. The average molecular weight is 288 g/mol. The number of nitrogen functional groups attached to an aromatic ring is 1. The molecule has 1 saturated carbocycles. The lowest BCUT2D eigenvalue weighted by molar-refractivity contribution is 0.0712. The van der Waals surface area contributed by atoms with E-state index in [1.807, 2.05) is 6.07 Å². The van der Waals surface area contributed by atoms with E-state index in [1.165, 1.54) is 12.1 Å². The Kier molecular flexibility index (Phi) is 3.41. The zero-order chi connectivity index (χ0) is 15.0. The molecule has 1 heterocycles. The number of amides is 1. The fraction of sp³-hybridized carbons (Fsp3) is 0.312. The third-order valence-electron chi connectivity index (χ3n) is 3.66. The molecule has 1 aliphatic carbocycles. The first kappa shape index (κ1) is 13.7. The third kappa shape index (κ3) is 2.77. The van der Waals surface area contributed by atoms with Crippen LogP contribution in [0.4, 0.5) is 10.1 Å². The van der Waals surface area contributed by atoms with Crippen LogP contribution in [0.3, 0.4) is 0 Å². The van der Waals surface area contributed by atoms with E-state index in [9.17, 15) is 9.18 Å². The summed E-state index contributed by atoms with van der Waals surface area (Å²) in [6, 6.07) is 6.67. The monoisotopic (exact) mass is 288 g/mol. The Morgan fingerprint density at radius 2 is 2.24 bits per heavy atom. The van der Waals surface area contributed by atoms with Crippen molar-refractivity contribution in [3.63, 3.8) is 0 Å². The molecule has 5 heteroatoms. The van der Waals surface area contributed by atoms with Crippen LogP contribution in [0.25, 0.3) is 0 Å². The van der Waals surface area contributed by atoms with Crippen LogP contribution in [0.1, 0.15) is 34.5 Å². The molecule has 1 aromatic heterocycles. The predicted octanol–water partition coefficient (Wildman–Crippen LogP) is 3.11. The van der Waals surface area contributed by atoms with Crippen LogP contribution in [0, 0.1) is 12.7 Å². The average Bonchev–Trinajstić information content (AvgIpc) is 3.16. The minimum absolute atomic E-state index is 0.0333. The molecule has 0 radical (unpaired) electrons. The maximum Gasteiger partial charge on any atom is 0.257 e. The molecule has 0 atom stereocenters. The Bertz CT molecular complexity index is 663. The number of hydrogen-bond donors (Lipinski definition) is 1. The van der Waals surface area contributed by atoms with Gasteiger partial charge in [-0.15, -0.1) is 0 Å². The lowest BCUT2D eigenvalue weighted by Crippen LogP contribution is -2.33. The second kappa shape index (κ2) is 5.24. The van der Waals surface area contributed by atoms with Gasteiger partial charge in [0, 0.05) is 11.7 Å². The van der Waals surface area contributed by atoms with Crippen molar-refractivity contribution in [3.8, 4) is 0 Å². The highest BCUT2D eigenvalue weighted by Gasteiger charge is 2.34. The fourth-order valence-electron chi connectivity index (χ4n) is 2.43. The number of furan rings is 1. The zero-order valence-electron chi connectivity index (χ0n) is 11.8. The van der Waals surface area contributed by atoms with Gasteiger partial charge in [0.25, 0.3) is 5.91 Å². The highest BCUT2D eigenvalue weighted by Crippen LogP contribution is 2.31. The van der Waals surface area contributed by atoms with Gasteiger partial charge in [0.2, 0.25) is 0 Å². The summed E-state index contributed by atoms with van der Waals surface area (Å²) in [5.41, 5.74) is 6.55. The Morgan fingerprint density at radius 3 is 2.86 bits per heavy atom. The molecule has 0 bridgehead atoms. The molecule has 2 aromatic rings. The number of aryl methyl sites for hydroxylation is 1. The van der Waals surface area contributed by atoms with Crippen molar-refractivity contribution in [2.75, 3.05) is 5.73 Å². The van der Waals surface area contributed by atoms with Crippen LogP contribution in [0.2, 0.25) is 0 Å². The van der Waals surface area contributed by atoms with E-state index in [-0.39, 0.29) is 17.5 Å². The summed E-state index contributed by atoms with van der Waals surface area (Å²) < 4.78 is 19.5. The summed E-state index contributed by atoms with van der Waals surface area (Å²) in [6.07, 6.45) is 3.45. The molecule has 0 saturated heterocycles. The van der Waals surface area contributed by atoms with Crippen molar-refractivity contribution in [1.29, 1.82) is 0 Å². The van der Waals surface area contributed by atoms with Gasteiger partial charge in [-0.1, -0.05) is 0 Å². The second-order valence-corrected chi connectivity index (χ2v) is 5.44. The summed E-state index contributed by atoms with van der Waals surface area (Å²) in [7, 11) is 0. The lowest BCUT2D eigenvalue weighted by atomic mass is 10.1. The van der Waals surface area contributed by atoms with Gasteiger partial charge in [-0.05, 0) is 49.6 Å². The molecule has 1 fully saturated rings. The topological polar surface area (TPSA) is 59.5 Å². The van der Waals surface area contributed by atoms with E-state index in [0.717, 1.165) is 12.8 Å². The minimum Gasteiger partial charge on any atom is -0.467 e. The van der Waals surface area contributed by atoms with Gasteiger partial charge in [-0.2, -0.15) is 0 Å². The first-order valence-electron chi connectivity index (χ1n) is 6.95. The van der Waals surface area contributed by atoms with Crippen LogP contribution in [-0.2, 0) is 6.54 Å². The molecule has 0 unspecified atom stereocenters. The molecule has 1 amide bonds. The van der Waals surface area contributed by atoms with Crippen molar-refractivity contribution < 1.29 is 13.6 Å². The molecule has 1 aromatic carbocycles. The fourth-order valence-corrected chi connectivity index (χ4v) is 2.43. The van der Waals surface area contributed by atoms with Crippen molar-refractivity contribution in [2.45, 2.75) is 32.4 Å². The largest absolute Gasteiger partial charge is 0.467 e. The number of halogens is 1. The highest BCUT2D eigenvalue weighted by molar-refractivity contribution is 5.96. The molecule has 0 aliphatic heterocycles. The normalized spacial score (nSPS) is 14.2. The number of rotatable bonds is 4. The maximum absolute atomic E-state index is 14.2. The van der Waals surface area contributed by atoms with Crippen LogP contribution in [0.5, 0.6) is 0 Å².